The van der Waals surface area contributed by atoms with Gasteiger partial charge in [-0.1, -0.05) is 29.8 Å². The van der Waals surface area contributed by atoms with Gasteiger partial charge in [-0.25, -0.2) is 0 Å². The van der Waals surface area contributed by atoms with E-state index in [1.54, 1.807) is 24.3 Å². The van der Waals surface area contributed by atoms with Crippen molar-refractivity contribution in [2.24, 2.45) is 0 Å². The Labute approximate surface area is 147 Å². The summed E-state index contributed by atoms with van der Waals surface area (Å²) in [5.41, 5.74) is -0.663. The van der Waals surface area contributed by atoms with E-state index in [0.29, 0.717) is 36.2 Å². The molecule has 1 amide bonds. The first-order chi connectivity index (χ1) is 11.8. The summed E-state index contributed by atoms with van der Waals surface area (Å²) in [4.78, 5) is 14.0. The van der Waals surface area contributed by atoms with Gasteiger partial charge in [-0.15, -0.1) is 0 Å². The summed E-state index contributed by atoms with van der Waals surface area (Å²) in [5.74, 6) is -0.609. The van der Waals surface area contributed by atoms with Crippen LogP contribution in [-0.2, 0) is 17.5 Å². The van der Waals surface area contributed by atoms with Crippen LogP contribution >= 0.6 is 11.6 Å². The van der Waals surface area contributed by atoms with Crippen molar-refractivity contribution >= 4 is 17.5 Å². The SMILES string of the molecule is COCCCN(Cc1ccccc1Cl)C(=O)c1cc(C(F)(F)F)[nH]n1. The summed E-state index contributed by atoms with van der Waals surface area (Å²) in [7, 11) is 1.53. The van der Waals surface area contributed by atoms with Crippen LogP contribution < -0.4 is 0 Å². The molecule has 5 nitrogen and oxygen atoms in total. The van der Waals surface area contributed by atoms with Crippen LogP contribution in [0.4, 0.5) is 13.2 Å². The third-order valence-corrected chi connectivity index (χ3v) is 3.85. The average Bonchev–Trinajstić information content (AvgIpc) is 3.05. The number of hydrogen-bond acceptors (Lipinski definition) is 3. The number of halogens is 4. The van der Waals surface area contributed by atoms with E-state index >= 15 is 0 Å². The highest BCUT2D eigenvalue weighted by Crippen LogP contribution is 2.28. The molecule has 0 radical (unpaired) electrons. The molecule has 1 aromatic carbocycles. The Morgan fingerprint density at radius 2 is 2.08 bits per heavy atom. The number of H-pyrrole nitrogens is 1. The third-order valence-electron chi connectivity index (χ3n) is 3.49. The van der Waals surface area contributed by atoms with E-state index < -0.39 is 17.8 Å². The number of alkyl halides is 3. The fourth-order valence-electron chi connectivity index (χ4n) is 2.22. The Bertz CT molecular complexity index is 719. The summed E-state index contributed by atoms with van der Waals surface area (Å²) < 4.78 is 43.0. The minimum atomic E-state index is -4.59. The van der Waals surface area contributed by atoms with Crippen molar-refractivity contribution in [1.82, 2.24) is 15.1 Å². The van der Waals surface area contributed by atoms with Gasteiger partial charge in [0.25, 0.3) is 5.91 Å². The molecule has 0 saturated carbocycles. The Hall–Kier alpha value is -2.06. The van der Waals surface area contributed by atoms with Crippen LogP contribution in [0.1, 0.15) is 28.2 Å². The van der Waals surface area contributed by atoms with Gasteiger partial charge in [0, 0.05) is 37.9 Å². The van der Waals surface area contributed by atoms with Gasteiger partial charge in [-0.3, -0.25) is 9.89 Å². The molecule has 2 rings (SSSR count). The van der Waals surface area contributed by atoms with Gasteiger partial charge in [0.1, 0.15) is 5.69 Å². The van der Waals surface area contributed by atoms with E-state index in [2.05, 4.69) is 5.10 Å². The molecule has 136 valence electrons. The molecule has 0 bridgehead atoms. The van der Waals surface area contributed by atoms with Gasteiger partial charge in [0.05, 0.1) is 0 Å². The number of amides is 1. The number of aromatic nitrogens is 2. The number of nitrogens with zero attached hydrogens (tertiary/aromatic N) is 2. The average molecular weight is 376 g/mol. The third kappa shape index (κ3) is 5.20. The molecule has 0 aliphatic carbocycles. The molecule has 1 heterocycles. The summed E-state index contributed by atoms with van der Waals surface area (Å²) >= 11 is 6.11. The molecule has 0 fully saturated rings. The fraction of sp³-hybridized carbons (Fsp3) is 0.375. The van der Waals surface area contributed by atoms with Crippen molar-refractivity contribution in [2.45, 2.75) is 19.1 Å². The summed E-state index contributed by atoms with van der Waals surface area (Å²) in [6.07, 6.45) is -4.06. The predicted octanol–water partition coefficient (Wildman–Crippen LogP) is 3.76. The van der Waals surface area contributed by atoms with Crippen molar-refractivity contribution in [3.8, 4) is 0 Å². The first-order valence-corrected chi connectivity index (χ1v) is 7.85. The number of rotatable bonds is 7. The Kier molecular flexibility index (Phi) is 6.44. The van der Waals surface area contributed by atoms with E-state index in [1.165, 1.54) is 12.0 Å². The first kappa shape index (κ1) is 19.3. The molecule has 1 aromatic heterocycles. The van der Waals surface area contributed by atoms with Gasteiger partial charge < -0.3 is 9.64 Å². The normalized spacial score (nSPS) is 11.6. The number of benzene rings is 1. The van der Waals surface area contributed by atoms with E-state index in [0.717, 1.165) is 0 Å². The van der Waals surface area contributed by atoms with E-state index in [9.17, 15) is 18.0 Å². The van der Waals surface area contributed by atoms with Gasteiger partial charge in [0.15, 0.2) is 5.69 Å². The molecule has 2 aromatic rings. The highest BCUT2D eigenvalue weighted by atomic mass is 35.5. The molecule has 9 heteroatoms. The van der Waals surface area contributed by atoms with Crippen LogP contribution in [0, 0.1) is 0 Å². The zero-order valence-corrected chi connectivity index (χ0v) is 14.2. The van der Waals surface area contributed by atoms with Crippen molar-refractivity contribution in [3.63, 3.8) is 0 Å². The molecule has 0 aliphatic rings. The zero-order chi connectivity index (χ0) is 18.4. The molecule has 0 unspecified atom stereocenters. The van der Waals surface area contributed by atoms with Crippen molar-refractivity contribution in [2.75, 3.05) is 20.3 Å². The lowest BCUT2D eigenvalue weighted by Crippen LogP contribution is -2.32. The highest BCUT2D eigenvalue weighted by Gasteiger charge is 2.34. The first-order valence-electron chi connectivity index (χ1n) is 7.47. The highest BCUT2D eigenvalue weighted by molar-refractivity contribution is 6.31. The molecule has 0 spiro atoms. The van der Waals surface area contributed by atoms with E-state index in [1.807, 2.05) is 5.10 Å². The van der Waals surface area contributed by atoms with Crippen LogP contribution in [0.25, 0.3) is 0 Å². The molecular weight excluding hydrogens is 359 g/mol. The lowest BCUT2D eigenvalue weighted by atomic mass is 10.2. The quantitative estimate of drug-likeness (QED) is 0.750. The van der Waals surface area contributed by atoms with Gasteiger partial charge in [-0.2, -0.15) is 18.3 Å². The molecule has 0 atom stereocenters. The number of carbonyl (C=O) groups is 1. The minimum absolute atomic E-state index is 0.163. The second-order valence-corrected chi connectivity index (χ2v) is 5.74. The Morgan fingerprint density at radius 3 is 2.68 bits per heavy atom. The van der Waals surface area contributed by atoms with Gasteiger partial charge >= 0.3 is 6.18 Å². The Balaban J connectivity index is 2.20. The van der Waals surface area contributed by atoms with Crippen LogP contribution in [0.2, 0.25) is 5.02 Å². The smallest absolute Gasteiger partial charge is 0.385 e. The molecular formula is C16H17ClF3N3O2. The summed E-state index contributed by atoms with van der Waals surface area (Å²) in [6, 6.07) is 7.68. The largest absolute Gasteiger partial charge is 0.432 e. The second kappa shape index (κ2) is 8.35. The number of nitrogens with one attached hydrogen (secondary N) is 1. The zero-order valence-electron chi connectivity index (χ0n) is 13.4. The maximum Gasteiger partial charge on any atom is 0.432 e. The van der Waals surface area contributed by atoms with E-state index in [4.69, 9.17) is 16.3 Å². The summed E-state index contributed by atoms with van der Waals surface area (Å²) in [5, 5.41) is 5.82. The maximum absolute atomic E-state index is 12.7. The van der Waals surface area contributed by atoms with Gasteiger partial charge in [-0.05, 0) is 18.1 Å². The monoisotopic (exact) mass is 375 g/mol. The number of hydrogen-bond donors (Lipinski definition) is 1. The number of aromatic amines is 1. The summed E-state index contributed by atoms with van der Waals surface area (Å²) in [6.45, 7) is 0.878. The lowest BCUT2D eigenvalue weighted by molar-refractivity contribution is -0.141. The van der Waals surface area contributed by atoms with Crippen LogP contribution in [0.15, 0.2) is 30.3 Å². The number of carbonyl (C=O) groups excluding carboxylic acids is 1. The fourth-order valence-corrected chi connectivity index (χ4v) is 2.42. The van der Waals surface area contributed by atoms with Crippen LogP contribution in [0.5, 0.6) is 0 Å². The molecule has 25 heavy (non-hydrogen) atoms. The topological polar surface area (TPSA) is 58.2 Å². The lowest BCUT2D eigenvalue weighted by Gasteiger charge is -2.22. The molecule has 0 saturated heterocycles. The number of methoxy groups -OCH3 is 1. The van der Waals surface area contributed by atoms with Crippen molar-refractivity contribution in [1.29, 1.82) is 0 Å². The maximum atomic E-state index is 12.7. The Morgan fingerprint density at radius 1 is 1.36 bits per heavy atom. The van der Waals surface area contributed by atoms with Crippen molar-refractivity contribution in [3.05, 3.63) is 52.3 Å². The van der Waals surface area contributed by atoms with Gasteiger partial charge in [0.2, 0.25) is 0 Å². The second-order valence-electron chi connectivity index (χ2n) is 5.33. The predicted molar refractivity (Wildman–Crippen MR) is 86.3 cm³/mol. The standard InChI is InChI=1S/C16H17ClF3N3O2/c1-25-8-4-7-23(10-11-5-2-3-6-12(11)17)15(24)13-9-14(22-21-13)16(18,19)20/h2-3,5-6,9H,4,7-8,10H2,1H3,(H,21,22). The minimum Gasteiger partial charge on any atom is -0.385 e. The van der Waals surface area contributed by atoms with Crippen molar-refractivity contribution < 1.29 is 22.7 Å². The van der Waals surface area contributed by atoms with Crippen LogP contribution in [0.3, 0.4) is 0 Å². The van der Waals surface area contributed by atoms with E-state index in [-0.39, 0.29) is 12.2 Å². The van der Waals surface area contributed by atoms with Crippen LogP contribution in [-0.4, -0.2) is 41.3 Å². The molecule has 1 N–H and O–H groups in total. The number of ether oxygens (including phenoxy) is 1. The molecule has 0 aliphatic heterocycles.